The summed E-state index contributed by atoms with van der Waals surface area (Å²) in [6, 6.07) is 4.29. The smallest absolute Gasteiger partial charge is 0.236 e. The van der Waals surface area contributed by atoms with Crippen LogP contribution in [0.25, 0.3) is 0 Å². The number of aromatic nitrogens is 3. The van der Waals surface area contributed by atoms with Crippen molar-refractivity contribution in [3.05, 3.63) is 58.1 Å². The minimum atomic E-state index is -0.515. The molecular weight excluding hydrogens is 375 g/mol. The van der Waals surface area contributed by atoms with Crippen LogP contribution in [0.4, 0.5) is 15.2 Å². The molecule has 134 valence electrons. The largest absolute Gasteiger partial charge is 0.274 e. The summed E-state index contributed by atoms with van der Waals surface area (Å²) >= 11 is 7.30. The number of hydrogen-bond donors (Lipinski definition) is 0. The van der Waals surface area contributed by atoms with E-state index in [9.17, 15) is 9.18 Å². The van der Waals surface area contributed by atoms with Crippen molar-refractivity contribution in [1.82, 2.24) is 14.8 Å². The summed E-state index contributed by atoms with van der Waals surface area (Å²) in [5.41, 5.74) is 2.81. The van der Waals surface area contributed by atoms with Crippen LogP contribution in [-0.4, -0.2) is 20.7 Å². The Kier molecular flexibility index (Phi) is 4.50. The molecule has 0 radical (unpaired) electrons. The first-order valence-corrected chi connectivity index (χ1v) is 9.48. The van der Waals surface area contributed by atoms with Crippen molar-refractivity contribution in [2.45, 2.75) is 19.3 Å². The zero-order valence-electron chi connectivity index (χ0n) is 14.0. The molecule has 2 aromatic heterocycles. The van der Waals surface area contributed by atoms with Gasteiger partial charge in [-0.25, -0.2) is 9.37 Å². The lowest BCUT2D eigenvalue weighted by molar-refractivity contribution is -0.122. The lowest BCUT2D eigenvalue weighted by Crippen LogP contribution is -2.35. The monoisotopic (exact) mass is 390 g/mol. The van der Waals surface area contributed by atoms with E-state index in [0.717, 1.165) is 18.5 Å². The molecule has 2 heterocycles. The van der Waals surface area contributed by atoms with Crippen LogP contribution in [0.15, 0.2) is 36.0 Å². The predicted molar refractivity (Wildman–Crippen MR) is 99.4 cm³/mol. The third-order valence-electron chi connectivity index (χ3n) is 4.69. The lowest BCUT2D eigenvalue weighted by atomic mass is 9.87. The number of benzene rings is 1. The maximum atomic E-state index is 13.6. The van der Waals surface area contributed by atoms with Gasteiger partial charge < -0.3 is 0 Å². The SMILES string of the molecule is Cn1ncc2c1CC(C(=O)N(c1ccc(F)c(Cl)c1)c1nccs1)CC2. The van der Waals surface area contributed by atoms with Crippen LogP contribution in [0, 0.1) is 11.7 Å². The Hall–Kier alpha value is -2.25. The molecule has 8 heteroatoms. The normalized spacial score (nSPS) is 16.3. The highest BCUT2D eigenvalue weighted by Gasteiger charge is 2.32. The second kappa shape index (κ2) is 6.81. The van der Waals surface area contributed by atoms with Gasteiger partial charge in [0.15, 0.2) is 5.13 Å². The highest BCUT2D eigenvalue weighted by molar-refractivity contribution is 7.13. The number of hydrogen-bond acceptors (Lipinski definition) is 4. The fourth-order valence-corrected chi connectivity index (χ4v) is 4.16. The minimum absolute atomic E-state index is 0.0191. The van der Waals surface area contributed by atoms with E-state index in [2.05, 4.69) is 10.1 Å². The average Bonchev–Trinajstić information content (AvgIpc) is 3.28. The van der Waals surface area contributed by atoms with Crippen molar-refractivity contribution >= 4 is 39.7 Å². The summed E-state index contributed by atoms with van der Waals surface area (Å²) < 4.78 is 15.4. The van der Waals surface area contributed by atoms with E-state index in [4.69, 9.17) is 11.6 Å². The second-order valence-corrected chi connectivity index (χ2v) is 7.55. The van der Waals surface area contributed by atoms with Gasteiger partial charge in [0.1, 0.15) is 5.82 Å². The van der Waals surface area contributed by atoms with E-state index < -0.39 is 5.82 Å². The molecule has 1 atom stereocenters. The zero-order valence-corrected chi connectivity index (χ0v) is 15.6. The molecule has 1 aromatic carbocycles. The van der Waals surface area contributed by atoms with E-state index in [1.807, 2.05) is 17.9 Å². The molecule has 0 saturated carbocycles. The van der Waals surface area contributed by atoms with E-state index in [1.54, 1.807) is 22.5 Å². The minimum Gasteiger partial charge on any atom is -0.274 e. The summed E-state index contributed by atoms with van der Waals surface area (Å²) in [6.07, 6.45) is 5.70. The third kappa shape index (κ3) is 3.01. The molecule has 0 spiro atoms. The first-order valence-electron chi connectivity index (χ1n) is 8.23. The van der Waals surface area contributed by atoms with Gasteiger partial charge in [-0.2, -0.15) is 5.10 Å². The van der Waals surface area contributed by atoms with Gasteiger partial charge in [-0.3, -0.25) is 14.4 Å². The van der Waals surface area contributed by atoms with E-state index >= 15 is 0 Å². The summed E-state index contributed by atoms with van der Waals surface area (Å²) in [5.74, 6) is -0.765. The highest BCUT2D eigenvalue weighted by atomic mass is 35.5. The van der Waals surface area contributed by atoms with Gasteiger partial charge in [-0.1, -0.05) is 11.6 Å². The first-order chi connectivity index (χ1) is 12.5. The maximum absolute atomic E-state index is 13.6. The van der Waals surface area contributed by atoms with E-state index in [-0.39, 0.29) is 16.8 Å². The van der Waals surface area contributed by atoms with Crippen molar-refractivity contribution in [2.24, 2.45) is 13.0 Å². The molecule has 1 aliphatic rings. The van der Waals surface area contributed by atoms with Crippen LogP contribution in [0.3, 0.4) is 0 Å². The molecular formula is C18H16ClFN4OS. The molecule has 5 nitrogen and oxygen atoms in total. The van der Waals surface area contributed by atoms with Gasteiger partial charge in [0.05, 0.1) is 16.9 Å². The number of nitrogens with zero attached hydrogens (tertiary/aromatic N) is 4. The van der Waals surface area contributed by atoms with Crippen LogP contribution in [0.5, 0.6) is 0 Å². The van der Waals surface area contributed by atoms with Crippen molar-refractivity contribution in [2.75, 3.05) is 4.90 Å². The number of carbonyl (C=O) groups is 1. The molecule has 0 fully saturated rings. The third-order valence-corrected chi connectivity index (χ3v) is 5.74. The standard InChI is InChI=1S/C18H16ClFN4OS/c1-23-16-8-11(2-3-12(16)10-22-23)17(25)24(18-21-6-7-26-18)13-4-5-15(20)14(19)9-13/h4-7,9-11H,2-3,8H2,1H3. The number of anilines is 2. The Morgan fingerprint density at radius 1 is 1.46 bits per heavy atom. The molecule has 4 rings (SSSR count). The number of halogens is 2. The van der Waals surface area contributed by atoms with Gasteiger partial charge >= 0.3 is 0 Å². The quantitative estimate of drug-likeness (QED) is 0.675. The number of aryl methyl sites for hydroxylation is 2. The Balaban J connectivity index is 1.69. The van der Waals surface area contributed by atoms with E-state index in [1.165, 1.54) is 29.0 Å². The van der Waals surface area contributed by atoms with Gasteiger partial charge in [-0.05, 0) is 36.6 Å². The van der Waals surface area contributed by atoms with Crippen LogP contribution in [0.1, 0.15) is 17.7 Å². The van der Waals surface area contributed by atoms with Crippen molar-refractivity contribution in [1.29, 1.82) is 0 Å². The van der Waals surface area contributed by atoms with Gasteiger partial charge in [-0.15, -0.1) is 11.3 Å². The van der Waals surface area contributed by atoms with Gasteiger partial charge in [0, 0.05) is 36.7 Å². The summed E-state index contributed by atoms with van der Waals surface area (Å²) in [5, 5.41) is 6.63. The molecule has 0 saturated heterocycles. The molecule has 0 bridgehead atoms. The Labute approximate surface area is 159 Å². The second-order valence-electron chi connectivity index (χ2n) is 6.27. The molecule has 3 aromatic rings. The molecule has 1 amide bonds. The van der Waals surface area contributed by atoms with Crippen LogP contribution < -0.4 is 4.90 Å². The topological polar surface area (TPSA) is 51.0 Å². The molecule has 1 unspecified atom stereocenters. The average molecular weight is 391 g/mol. The van der Waals surface area contributed by atoms with Crippen LogP contribution >= 0.6 is 22.9 Å². The highest BCUT2D eigenvalue weighted by Crippen LogP contribution is 2.34. The molecule has 0 N–H and O–H groups in total. The predicted octanol–water partition coefficient (Wildman–Crippen LogP) is 4.14. The summed E-state index contributed by atoms with van der Waals surface area (Å²) in [4.78, 5) is 19.2. The first kappa shape index (κ1) is 17.2. The lowest BCUT2D eigenvalue weighted by Gasteiger charge is -2.28. The molecule has 0 aliphatic heterocycles. The van der Waals surface area contributed by atoms with Gasteiger partial charge in [0.25, 0.3) is 0 Å². The fourth-order valence-electron chi connectivity index (χ4n) is 3.32. The maximum Gasteiger partial charge on any atom is 0.236 e. The molecule has 1 aliphatic carbocycles. The Morgan fingerprint density at radius 3 is 3.04 bits per heavy atom. The van der Waals surface area contributed by atoms with E-state index in [0.29, 0.717) is 17.2 Å². The summed E-state index contributed by atoms with van der Waals surface area (Å²) in [7, 11) is 1.89. The zero-order chi connectivity index (χ0) is 18.3. The van der Waals surface area contributed by atoms with Crippen LogP contribution in [0.2, 0.25) is 5.02 Å². The van der Waals surface area contributed by atoms with Gasteiger partial charge in [0.2, 0.25) is 5.91 Å². The summed E-state index contributed by atoms with van der Waals surface area (Å²) in [6.45, 7) is 0. The van der Waals surface area contributed by atoms with Crippen molar-refractivity contribution in [3.8, 4) is 0 Å². The number of rotatable bonds is 3. The number of carbonyl (C=O) groups excluding carboxylic acids is 1. The number of amides is 1. The Morgan fingerprint density at radius 2 is 2.31 bits per heavy atom. The fraction of sp³-hybridized carbons (Fsp3) is 0.278. The number of thiazole rings is 1. The van der Waals surface area contributed by atoms with Crippen molar-refractivity contribution < 1.29 is 9.18 Å². The van der Waals surface area contributed by atoms with Crippen molar-refractivity contribution in [3.63, 3.8) is 0 Å². The molecule has 26 heavy (non-hydrogen) atoms. The van der Waals surface area contributed by atoms with Crippen LogP contribution in [-0.2, 0) is 24.7 Å². The number of fused-ring (bicyclic) bond motifs is 1. The Bertz CT molecular complexity index is 956.